The number of nitrogens with zero attached hydrogens (tertiary/aromatic N) is 4. The van der Waals surface area contributed by atoms with Crippen molar-refractivity contribution in [2.45, 2.75) is 0 Å². The van der Waals surface area contributed by atoms with Gasteiger partial charge in [-0.25, -0.2) is 15.0 Å². The Balaban J connectivity index is 1.04. The molecule has 0 fully saturated rings. The summed E-state index contributed by atoms with van der Waals surface area (Å²) >= 11 is 0. The summed E-state index contributed by atoms with van der Waals surface area (Å²) in [6.45, 7) is 0. The van der Waals surface area contributed by atoms with Crippen LogP contribution in [0.5, 0.6) is 11.5 Å². The minimum atomic E-state index is 0.627. The molecule has 2 aromatic heterocycles. The molecule has 0 radical (unpaired) electrons. The zero-order valence-corrected chi connectivity index (χ0v) is 29.0. The molecule has 0 spiro atoms. The molecule has 0 aliphatic carbocycles. The Hall–Kier alpha value is -7.37. The second-order valence-electron chi connectivity index (χ2n) is 13.6. The topological polar surface area (TPSA) is 52.8 Å². The Morgan fingerprint density at radius 3 is 1.76 bits per heavy atom. The molecule has 10 aromatic rings. The monoisotopic (exact) mass is 690 g/mol. The van der Waals surface area contributed by atoms with Crippen molar-refractivity contribution in [1.29, 1.82) is 0 Å². The van der Waals surface area contributed by atoms with Crippen molar-refractivity contribution in [2.24, 2.45) is 0 Å². The lowest BCUT2D eigenvalue weighted by Gasteiger charge is -2.22. The van der Waals surface area contributed by atoms with E-state index >= 15 is 0 Å². The van der Waals surface area contributed by atoms with Crippen LogP contribution in [0.1, 0.15) is 0 Å². The van der Waals surface area contributed by atoms with Gasteiger partial charge in [-0.3, -0.25) is 0 Å². The van der Waals surface area contributed by atoms with E-state index in [1.807, 2.05) is 60.7 Å². The van der Waals surface area contributed by atoms with E-state index in [0.29, 0.717) is 17.5 Å². The van der Waals surface area contributed by atoms with Crippen LogP contribution in [0.3, 0.4) is 0 Å². The average Bonchev–Trinajstić information content (AvgIpc) is 3.58. The number of benzene rings is 8. The van der Waals surface area contributed by atoms with Gasteiger partial charge < -0.3 is 9.30 Å². The highest BCUT2D eigenvalue weighted by molar-refractivity contribution is 6.11. The van der Waals surface area contributed by atoms with Gasteiger partial charge >= 0.3 is 0 Å². The molecule has 5 heteroatoms. The third kappa shape index (κ3) is 4.90. The smallest absolute Gasteiger partial charge is 0.164 e. The molecule has 54 heavy (non-hydrogen) atoms. The standard InChI is InChI=1S/C49H30N4O/c1-3-12-32(13-4-1)47-50-48(33-14-5-2-6-15-33)52-49(51-47)36-18-9-19-37(28-36)53-42-22-8-7-20-38(42)40-29-34(24-26-43(40)53)35-25-27-44-41(30-35)39-21-10-16-31-17-11-23-45(54-44)46(31)39/h1-30H. The Morgan fingerprint density at radius 2 is 0.981 bits per heavy atom. The molecule has 0 atom stereocenters. The van der Waals surface area contributed by atoms with Gasteiger partial charge in [0.1, 0.15) is 11.5 Å². The third-order valence-electron chi connectivity index (χ3n) is 10.4. The average molecular weight is 691 g/mol. The summed E-state index contributed by atoms with van der Waals surface area (Å²) in [5.74, 6) is 3.70. The van der Waals surface area contributed by atoms with Crippen molar-refractivity contribution in [3.05, 3.63) is 182 Å². The molecule has 5 nitrogen and oxygen atoms in total. The summed E-state index contributed by atoms with van der Waals surface area (Å²) in [6, 6.07) is 63.4. The molecule has 0 saturated heterocycles. The van der Waals surface area contributed by atoms with Crippen molar-refractivity contribution in [2.75, 3.05) is 0 Å². The van der Waals surface area contributed by atoms with Crippen LogP contribution < -0.4 is 4.74 Å². The highest BCUT2D eigenvalue weighted by Crippen LogP contribution is 2.48. The second kappa shape index (κ2) is 12.1. The highest BCUT2D eigenvalue weighted by atomic mass is 16.5. The van der Waals surface area contributed by atoms with Crippen LogP contribution in [-0.4, -0.2) is 19.5 Å². The zero-order valence-electron chi connectivity index (χ0n) is 29.0. The lowest BCUT2D eigenvalue weighted by atomic mass is 9.92. The highest BCUT2D eigenvalue weighted by Gasteiger charge is 2.21. The van der Waals surface area contributed by atoms with Gasteiger partial charge in [-0.15, -0.1) is 0 Å². The molecule has 3 heterocycles. The van der Waals surface area contributed by atoms with E-state index in [1.165, 1.54) is 21.7 Å². The summed E-state index contributed by atoms with van der Waals surface area (Å²) < 4.78 is 8.75. The molecule has 11 rings (SSSR count). The van der Waals surface area contributed by atoms with Crippen LogP contribution in [0.15, 0.2) is 182 Å². The Labute approximate surface area is 311 Å². The summed E-state index contributed by atoms with van der Waals surface area (Å²) in [7, 11) is 0. The fraction of sp³-hybridized carbons (Fsp3) is 0. The molecule has 0 bridgehead atoms. The molecule has 0 N–H and O–H groups in total. The Morgan fingerprint density at radius 1 is 0.370 bits per heavy atom. The van der Waals surface area contributed by atoms with Crippen molar-refractivity contribution < 1.29 is 4.74 Å². The van der Waals surface area contributed by atoms with Crippen molar-refractivity contribution in [3.8, 4) is 73.6 Å². The third-order valence-corrected chi connectivity index (χ3v) is 10.4. The predicted molar refractivity (Wildman–Crippen MR) is 219 cm³/mol. The molecular weight excluding hydrogens is 661 g/mol. The largest absolute Gasteiger partial charge is 0.456 e. The molecule has 1 aliphatic heterocycles. The van der Waals surface area contributed by atoms with Gasteiger partial charge in [0.15, 0.2) is 17.5 Å². The normalized spacial score (nSPS) is 11.9. The van der Waals surface area contributed by atoms with Crippen LogP contribution in [-0.2, 0) is 0 Å². The predicted octanol–water partition coefficient (Wildman–Crippen LogP) is 12.6. The molecule has 0 saturated carbocycles. The molecule has 0 amide bonds. The van der Waals surface area contributed by atoms with E-state index in [4.69, 9.17) is 19.7 Å². The van der Waals surface area contributed by atoms with Crippen LogP contribution in [0.2, 0.25) is 0 Å². The first kappa shape index (κ1) is 30.3. The number of hydrogen-bond donors (Lipinski definition) is 0. The molecule has 252 valence electrons. The van der Waals surface area contributed by atoms with E-state index in [2.05, 4.69) is 126 Å². The summed E-state index contributed by atoms with van der Waals surface area (Å²) in [5.41, 5.74) is 10.7. The minimum absolute atomic E-state index is 0.627. The number of fused-ring (bicyclic) bond motifs is 5. The van der Waals surface area contributed by atoms with E-state index in [0.717, 1.165) is 67.0 Å². The van der Waals surface area contributed by atoms with E-state index < -0.39 is 0 Å². The summed E-state index contributed by atoms with van der Waals surface area (Å²) in [4.78, 5) is 14.9. The quantitative estimate of drug-likeness (QED) is 0.180. The summed E-state index contributed by atoms with van der Waals surface area (Å²) in [5, 5.41) is 4.73. The first-order valence-corrected chi connectivity index (χ1v) is 18.1. The van der Waals surface area contributed by atoms with Crippen LogP contribution in [0.4, 0.5) is 0 Å². The number of aromatic nitrogens is 4. The first-order valence-electron chi connectivity index (χ1n) is 18.1. The lowest BCUT2D eigenvalue weighted by molar-refractivity contribution is 0.487. The second-order valence-corrected chi connectivity index (χ2v) is 13.6. The maximum Gasteiger partial charge on any atom is 0.164 e. The van der Waals surface area contributed by atoms with Crippen molar-refractivity contribution >= 4 is 32.6 Å². The number of para-hydroxylation sites is 1. The maximum absolute atomic E-state index is 6.40. The number of rotatable bonds is 5. The van der Waals surface area contributed by atoms with Gasteiger partial charge in [-0.2, -0.15) is 0 Å². The van der Waals surface area contributed by atoms with Gasteiger partial charge in [0.25, 0.3) is 0 Å². The van der Waals surface area contributed by atoms with E-state index in [9.17, 15) is 0 Å². The van der Waals surface area contributed by atoms with Crippen molar-refractivity contribution in [3.63, 3.8) is 0 Å². The van der Waals surface area contributed by atoms with Gasteiger partial charge in [-0.05, 0) is 70.6 Å². The fourth-order valence-corrected chi connectivity index (χ4v) is 7.90. The number of hydrogen-bond acceptors (Lipinski definition) is 4. The minimum Gasteiger partial charge on any atom is -0.456 e. The van der Waals surface area contributed by atoms with Crippen LogP contribution >= 0.6 is 0 Å². The van der Waals surface area contributed by atoms with Crippen molar-refractivity contribution in [1.82, 2.24) is 19.5 Å². The van der Waals surface area contributed by atoms with Gasteiger partial charge in [0, 0.05) is 44.1 Å². The van der Waals surface area contributed by atoms with Gasteiger partial charge in [0.2, 0.25) is 0 Å². The fourth-order valence-electron chi connectivity index (χ4n) is 7.90. The first-order chi connectivity index (χ1) is 26.7. The molecule has 0 unspecified atom stereocenters. The zero-order chi connectivity index (χ0) is 35.6. The van der Waals surface area contributed by atoms with E-state index in [1.54, 1.807) is 0 Å². The van der Waals surface area contributed by atoms with Gasteiger partial charge in [-0.1, -0.05) is 133 Å². The maximum atomic E-state index is 6.40. The van der Waals surface area contributed by atoms with Crippen LogP contribution in [0.25, 0.3) is 94.7 Å². The molecule has 8 aromatic carbocycles. The van der Waals surface area contributed by atoms with Gasteiger partial charge in [0.05, 0.1) is 11.0 Å². The Kier molecular flexibility index (Phi) is 6.79. The Bertz CT molecular complexity index is 3010. The molecular formula is C49H30N4O. The number of ether oxygens (including phenoxy) is 1. The molecule has 1 aliphatic rings. The summed E-state index contributed by atoms with van der Waals surface area (Å²) in [6.07, 6.45) is 0. The lowest BCUT2D eigenvalue weighted by Crippen LogP contribution is -2.01. The van der Waals surface area contributed by atoms with E-state index in [-0.39, 0.29) is 0 Å². The SMILES string of the molecule is c1ccc(-c2nc(-c3ccccc3)nc(-c3cccc(-n4c5ccccc5c5cc(-c6ccc7c(c6)-c6cccc8cccc(c68)O7)ccc54)c3)n2)cc1. The van der Waals surface area contributed by atoms with Crippen LogP contribution in [0, 0.1) is 0 Å².